The van der Waals surface area contributed by atoms with Gasteiger partial charge in [0.2, 0.25) is 0 Å². The first kappa shape index (κ1) is 17.5. The summed E-state index contributed by atoms with van der Waals surface area (Å²) in [5.74, 6) is 1.26. The maximum Gasteiger partial charge on any atom is 0.251 e. The largest absolute Gasteiger partial charge is 0.497 e. The third kappa shape index (κ3) is 4.40. The van der Waals surface area contributed by atoms with Crippen LogP contribution in [0.3, 0.4) is 0 Å². The Morgan fingerprint density at radius 3 is 2.88 bits per heavy atom. The van der Waals surface area contributed by atoms with E-state index in [1.165, 1.54) is 17.5 Å². The first-order valence-corrected chi connectivity index (χ1v) is 8.87. The van der Waals surface area contributed by atoms with Crippen molar-refractivity contribution in [1.29, 1.82) is 0 Å². The van der Waals surface area contributed by atoms with Gasteiger partial charge in [-0.25, -0.2) is 0 Å². The summed E-state index contributed by atoms with van der Waals surface area (Å²) in [5, 5.41) is 3.01. The zero-order valence-corrected chi connectivity index (χ0v) is 15.0. The normalized spacial score (nSPS) is 17.4. The molecular weight excluding hydrogens is 312 g/mol. The molecule has 0 aromatic heterocycles. The molecule has 1 fully saturated rings. The third-order valence-electron chi connectivity index (χ3n) is 4.95. The number of aryl methyl sites for hydroxylation is 1. The summed E-state index contributed by atoms with van der Waals surface area (Å²) in [6.07, 6.45) is 1.19. The van der Waals surface area contributed by atoms with Crippen LogP contribution in [-0.4, -0.2) is 44.1 Å². The van der Waals surface area contributed by atoms with Crippen molar-refractivity contribution in [2.24, 2.45) is 0 Å². The quantitative estimate of drug-likeness (QED) is 0.879. The van der Waals surface area contributed by atoms with Crippen molar-refractivity contribution in [2.45, 2.75) is 19.3 Å². The molecule has 0 unspecified atom stereocenters. The Balaban J connectivity index is 1.47. The monoisotopic (exact) mass is 338 g/mol. The summed E-state index contributed by atoms with van der Waals surface area (Å²) >= 11 is 0. The Hall–Kier alpha value is -2.33. The third-order valence-corrected chi connectivity index (χ3v) is 4.95. The van der Waals surface area contributed by atoms with Crippen molar-refractivity contribution in [3.8, 4) is 5.75 Å². The van der Waals surface area contributed by atoms with Gasteiger partial charge in [-0.2, -0.15) is 0 Å². The molecule has 132 valence electrons. The Labute approximate surface area is 149 Å². The van der Waals surface area contributed by atoms with E-state index in [4.69, 9.17) is 4.74 Å². The van der Waals surface area contributed by atoms with Gasteiger partial charge >= 0.3 is 0 Å². The molecule has 2 aromatic carbocycles. The van der Waals surface area contributed by atoms with Crippen molar-refractivity contribution in [3.63, 3.8) is 0 Å². The summed E-state index contributed by atoms with van der Waals surface area (Å²) in [6, 6.07) is 15.9. The van der Waals surface area contributed by atoms with Crippen molar-refractivity contribution in [2.75, 3.05) is 33.3 Å². The fourth-order valence-electron chi connectivity index (χ4n) is 3.53. The summed E-state index contributed by atoms with van der Waals surface area (Å²) in [7, 11) is 1.61. The van der Waals surface area contributed by atoms with Crippen LogP contribution in [0.5, 0.6) is 5.75 Å². The Kier molecular flexibility index (Phi) is 5.71. The van der Waals surface area contributed by atoms with Crippen LogP contribution < -0.4 is 10.1 Å². The van der Waals surface area contributed by atoms with Gasteiger partial charge in [-0.1, -0.05) is 30.3 Å². The molecule has 1 amide bonds. The second-order valence-corrected chi connectivity index (χ2v) is 6.63. The molecule has 0 bridgehead atoms. The first-order valence-electron chi connectivity index (χ1n) is 8.87. The molecular formula is C21H26N2O2. The molecule has 0 radical (unpaired) electrons. The first-order chi connectivity index (χ1) is 12.2. The van der Waals surface area contributed by atoms with Gasteiger partial charge in [0.1, 0.15) is 5.75 Å². The van der Waals surface area contributed by atoms with Crippen LogP contribution in [0.25, 0.3) is 0 Å². The van der Waals surface area contributed by atoms with E-state index < -0.39 is 0 Å². The fraction of sp³-hybridized carbons (Fsp3) is 0.381. The minimum absolute atomic E-state index is 0.0476. The van der Waals surface area contributed by atoms with Crippen LogP contribution in [0.15, 0.2) is 48.5 Å². The summed E-state index contributed by atoms with van der Waals surface area (Å²) < 4.78 is 5.17. The number of hydrogen-bond donors (Lipinski definition) is 1. The zero-order chi connectivity index (χ0) is 17.6. The van der Waals surface area contributed by atoms with E-state index in [1.54, 1.807) is 13.2 Å². The van der Waals surface area contributed by atoms with Crippen LogP contribution in [-0.2, 0) is 0 Å². The number of ether oxygens (including phenoxy) is 1. The number of nitrogens with one attached hydrogen (secondary N) is 1. The van der Waals surface area contributed by atoms with E-state index in [0.29, 0.717) is 23.8 Å². The van der Waals surface area contributed by atoms with E-state index in [0.717, 1.165) is 19.6 Å². The molecule has 1 aliphatic heterocycles. The number of likely N-dealkylation sites (tertiary alicyclic amines) is 1. The van der Waals surface area contributed by atoms with Crippen LogP contribution in [0.4, 0.5) is 0 Å². The second-order valence-electron chi connectivity index (χ2n) is 6.63. The molecule has 4 heteroatoms. The molecule has 3 rings (SSSR count). The molecule has 1 N–H and O–H groups in total. The van der Waals surface area contributed by atoms with Crippen LogP contribution >= 0.6 is 0 Å². The van der Waals surface area contributed by atoms with E-state index in [-0.39, 0.29) is 5.91 Å². The highest BCUT2D eigenvalue weighted by atomic mass is 16.5. The zero-order valence-electron chi connectivity index (χ0n) is 15.0. The van der Waals surface area contributed by atoms with Crippen LogP contribution in [0.2, 0.25) is 0 Å². The summed E-state index contributed by atoms with van der Waals surface area (Å²) in [5.41, 5.74) is 3.48. The van der Waals surface area contributed by atoms with Gasteiger partial charge in [-0.15, -0.1) is 0 Å². The topological polar surface area (TPSA) is 41.6 Å². The average molecular weight is 338 g/mol. The molecule has 0 spiro atoms. The van der Waals surface area contributed by atoms with Gasteiger partial charge in [-0.3, -0.25) is 4.79 Å². The van der Waals surface area contributed by atoms with E-state index in [2.05, 4.69) is 41.4 Å². The molecule has 4 nitrogen and oxygen atoms in total. The minimum atomic E-state index is -0.0476. The minimum Gasteiger partial charge on any atom is -0.497 e. The SMILES string of the molecule is COc1cccc(C(=O)NCCN2CC[C@H](c3ccccc3C)C2)c1. The predicted molar refractivity (Wildman–Crippen MR) is 100 cm³/mol. The highest BCUT2D eigenvalue weighted by Crippen LogP contribution is 2.28. The molecule has 1 heterocycles. The van der Waals surface area contributed by atoms with Gasteiger partial charge in [-0.05, 0) is 55.1 Å². The van der Waals surface area contributed by atoms with Gasteiger partial charge in [0, 0.05) is 25.2 Å². The second kappa shape index (κ2) is 8.17. The maximum atomic E-state index is 12.2. The number of benzene rings is 2. The average Bonchev–Trinajstić information content (AvgIpc) is 3.10. The lowest BCUT2D eigenvalue weighted by Crippen LogP contribution is -2.33. The number of hydrogen-bond acceptors (Lipinski definition) is 3. The number of methoxy groups -OCH3 is 1. The standard InChI is InChI=1S/C21H26N2O2/c1-16-6-3-4-9-20(16)18-10-12-23(15-18)13-11-22-21(24)17-7-5-8-19(14-17)25-2/h3-9,14,18H,10-13,15H2,1-2H3,(H,22,24)/t18-/m0/s1. The lowest BCUT2D eigenvalue weighted by molar-refractivity contribution is 0.0949. The molecule has 0 saturated carbocycles. The van der Waals surface area contributed by atoms with Gasteiger partial charge in [0.05, 0.1) is 7.11 Å². The summed E-state index contributed by atoms with van der Waals surface area (Å²) in [6.45, 7) is 5.90. The number of nitrogens with zero attached hydrogens (tertiary/aromatic N) is 1. The molecule has 2 aromatic rings. The number of carbonyl (C=O) groups is 1. The lowest BCUT2D eigenvalue weighted by atomic mass is 9.94. The molecule has 1 atom stereocenters. The van der Waals surface area contributed by atoms with Gasteiger partial charge in [0.25, 0.3) is 5.91 Å². The Morgan fingerprint density at radius 1 is 1.24 bits per heavy atom. The number of amides is 1. The smallest absolute Gasteiger partial charge is 0.251 e. The highest BCUT2D eigenvalue weighted by molar-refractivity contribution is 5.94. The summed E-state index contributed by atoms with van der Waals surface area (Å²) in [4.78, 5) is 14.7. The molecule has 25 heavy (non-hydrogen) atoms. The highest BCUT2D eigenvalue weighted by Gasteiger charge is 2.24. The van der Waals surface area contributed by atoms with E-state index in [9.17, 15) is 4.79 Å². The molecule has 1 saturated heterocycles. The van der Waals surface area contributed by atoms with Crippen molar-refractivity contribution in [3.05, 3.63) is 65.2 Å². The van der Waals surface area contributed by atoms with Crippen LogP contribution in [0, 0.1) is 6.92 Å². The maximum absolute atomic E-state index is 12.2. The molecule has 0 aliphatic carbocycles. The van der Waals surface area contributed by atoms with E-state index in [1.807, 2.05) is 18.2 Å². The van der Waals surface area contributed by atoms with Crippen molar-refractivity contribution < 1.29 is 9.53 Å². The van der Waals surface area contributed by atoms with Gasteiger partial charge < -0.3 is 15.0 Å². The van der Waals surface area contributed by atoms with Crippen molar-refractivity contribution in [1.82, 2.24) is 10.2 Å². The van der Waals surface area contributed by atoms with E-state index >= 15 is 0 Å². The van der Waals surface area contributed by atoms with Gasteiger partial charge in [0.15, 0.2) is 0 Å². The Bertz CT molecular complexity index is 729. The predicted octanol–water partition coefficient (Wildman–Crippen LogP) is 3.22. The van der Waals surface area contributed by atoms with Crippen molar-refractivity contribution >= 4 is 5.91 Å². The molecule has 1 aliphatic rings. The number of carbonyl (C=O) groups excluding carboxylic acids is 1. The lowest BCUT2D eigenvalue weighted by Gasteiger charge is -2.17. The number of rotatable bonds is 6. The van der Waals surface area contributed by atoms with Crippen LogP contribution in [0.1, 0.15) is 33.8 Å². The fourth-order valence-corrected chi connectivity index (χ4v) is 3.53. The Morgan fingerprint density at radius 2 is 2.08 bits per heavy atom.